The first-order chi connectivity index (χ1) is 8.63. The van der Waals surface area contributed by atoms with E-state index in [1.807, 2.05) is 0 Å². The van der Waals surface area contributed by atoms with Crippen molar-refractivity contribution in [3.63, 3.8) is 0 Å². The van der Waals surface area contributed by atoms with Crippen molar-refractivity contribution in [1.29, 1.82) is 0 Å². The zero-order chi connectivity index (χ0) is 13.5. The average Bonchev–Trinajstić information content (AvgIpc) is 2.40. The van der Waals surface area contributed by atoms with Crippen LogP contribution in [0.4, 0.5) is 5.69 Å². The molecule has 0 aliphatic carbocycles. The number of hydrogen-bond acceptors (Lipinski definition) is 2. The van der Waals surface area contributed by atoms with Crippen LogP contribution in [0, 0.1) is 5.92 Å². The van der Waals surface area contributed by atoms with E-state index in [4.69, 9.17) is 5.73 Å². The summed E-state index contributed by atoms with van der Waals surface area (Å²) in [7, 11) is 2.16. The second kappa shape index (κ2) is 7.42. The van der Waals surface area contributed by atoms with Crippen molar-refractivity contribution < 1.29 is 0 Å². The minimum atomic E-state index is 0.428. The monoisotopic (exact) mass is 248 g/mol. The Morgan fingerprint density at radius 1 is 1.17 bits per heavy atom. The molecule has 0 aliphatic heterocycles. The van der Waals surface area contributed by atoms with Gasteiger partial charge in [0.15, 0.2) is 0 Å². The molecule has 1 aromatic rings. The summed E-state index contributed by atoms with van der Waals surface area (Å²) in [6.45, 7) is 7.44. The van der Waals surface area contributed by atoms with Gasteiger partial charge in [0.1, 0.15) is 0 Å². The molecule has 2 heteroatoms. The third-order valence-corrected chi connectivity index (χ3v) is 3.89. The number of benzene rings is 1. The van der Waals surface area contributed by atoms with Crippen LogP contribution in [-0.2, 0) is 6.42 Å². The van der Waals surface area contributed by atoms with Crippen LogP contribution in [0.15, 0.2) is 24.3 Å². The molecule has 0 heterocycles. The van der Waals surface area contributed by atoms with E-state index in [9.17, 15) is 0 Å². The number of likely N-dealkylation sites (N-methyl/N-ethyl adjacent to an activating group) is 1. The second-order valence-electron chi connectivity index (χ2n) is 5.20. The van der Waals surface area contributed by atoms with Gasteiger partial charge in [-0.1, -0.05) is 39.3 Å². The van der Waals surface area contributed by atoms with Crippen molar-refractivity contribution in [3.8, 4) is 0 Å². The summed E-state index contributed by atoms with van der Waals surface area (Å²) < 4.78 is 0. The molecule has 0 fully saturated rings. The Morgan fingerprint density at radius 3 is 2.22 bits per heavy atom. The summed E-state index contributed by atoms with van der Waals surface area (Å²) in [4.78, 5) is 2.33. The number of nitrogens with two attached hydrogens (primary N) is 1. The molecule has 18 heavy (non-hydrogen) atoms. The summed E-state index contributed by atoms with van der Waals surface area (Å²) in [5.41, 5.74) is 8.61. The lowest BCUT2D eigenvalue weighted by molar-refractivity contribution is 0.414. The zero-order valence-corrected chi connectivity index (χ0v) is 12.3. The molecule has 0 amide bonds. The van der Waals surface area contributed by atoms with Crippen LogP contribution in [-0.4, -0.2) is 19.6 Å². The smallest absolute Gasteiger partial charge is 0.0434 e. The van der Waals surface area contributed by atoms with Crippen molar-refractivity contribution in [2.75, 3.05) is 18.5 Å². The maximum Gasteiger partial charge on any atom is 0.0434 e. The van der Waals surface area contributed by atoms with Crippen LogP contribution in [0.5, 0.6) is 0 Å². The molecule has 2 N–H and O–H groups in total. The molecule has 2 nitrogen and oxygen atoms in total. The van der Waals surface area contributed by atoms with Crippen molar-refractivity contribution in [1.82, 2.24) is 0 Å². The second-order valence-corrected chi connectivity index (χ2v) is 5.20. The van der Waals surface area contributed by atoms with Crippen LogP contribution in [0.2, 0.25) is 0 Å². The van der Waals surface area contributed by atoms with Gasteiger partial charge in [-0.3, -0.25) is 0 Å². The highest BCUT2D eigenvalue weighted by atomic mass is 15.1. The van der Waals surface area contributed by atoms with E-state index >= 15 is 0 Å². The van der Waals surface area contributed by atoms with E-state index < -0.39 is 0 Å². The maximum atomic E-state index is 5.96. The number of aryl methyl sites for hydroxylation is 1. The first kappa shape index (κ1) is 15.0. The molecular formula is C16H28N2. The van der Waals surface area contributed by atoms with Gasteiger partial charge in [-0.2, -0.15) is 0 Å². The fourth-order valence-electron chi connectivity index (χ4n) is 2.58. The van der Waals surface area contributed by atoms with Gasteiger partial charge in [-0.25, -0.2) is 0 Å². The Kier molecular flexibility index (Phi) is 6.20. The number of hydrogen-bond donors (Lipinski definition) is 1. The quantitative estimate of drug-likeness (QED) is 0.801. The Bertz CT molecular complexity index is 331. The van der Waals surface area contributed by atoms with Crippen LogP contribution < -0.4 is 10.6 Å². The maximum absolute atomic E-state index is 5.96. The van der Waals surface area contributed by atoms with E-state index in [1.165, 1.54) is 24.1 Å². The Hall–Kier alpha value is -1.02. The van der Waals surface area contributed by atoms with Gasteiger partial charge in [0.2, 0.25) is 0 Å². The predicted molar refractivity (Wildman–Crippen MR) is 81.1 cm³/mol. The summed E-state index contributed by atoms with van der Waals surface area (Å²) in [6.07, 6.45) is 3.55. The highest BCUT2D eigenvalue weighted by molar-refractivity contribution is 5.48. The Morgan fingerprint density at radius 2 is 1.78 bits per heavy atom. The summed E-state index contributed by atoms with van der Waals surface area (Å²) in [5, 5.41) is 0. The Labute approximate surface area is 112 Å². The van der Waals surface area contributed by atoms with Gasteiger partial charge in [-0.05, 0) is 36.5 Å². The molecule has 0 saturated carbocycles. The molecule has 1 aromatic carbocycles. The lowest BCUT2D eigenvalue weighted by Crippen LogP contribution is -2.42. The number of anilines is 1. The first-order valence-corrected chi connectivity index (χ1v) is 7.15. The molecule has 102 valence electrons. The fourth-order valence-corrected chi connectivity index (χ4v) is 2.58. The van der Waals surface area contributed by atoms with Crippen LogP contribution >= 0.6 is 0 Å². The number of nitrogens with zero attached hydrogens (tertiary/aromatic N) is 1. The topological polar surface area (TPSA) is 29.3 Å². The van der Waals surface area contributed by atoms with Gasteiger partial charge >= 0.3 is 0 Å². The van der Waals surface area contributed by atoms with Gasteiger partial charge in [0.25, 0.3) is 0 Å². The molecular weight excluding hydrogens is 220 g/mol. The molecule has 1 rings (SSSR count). The molecule has 0 aromatic heterocycles. The van der Waals surface area contributed by atoms with E-state index in [2.05, 4.69) is 57.0 Å². The fraction of sp³-hybridized carbons (Fsp3) is 0.625. The van der Waals surface area contributed by atoms with E-state index in [1.54, 1.807) is 0 Å². The highest BCUT2D eigenvalue weighted by Gasteiger charge is 2.19. The zero-order valence-electron chi connectivity index (χ0n) is 12.3. The summed E-state index contributed by atoms with van der Waals surface area (Å²) in [5.74, 6) is 0.635. The molecule has 2 unspecified atom stereocenters. The predicted octanol–water partition coefficient (Wildman–Crippen LogP) is 3.45. The summed E-state index contributed by atoms with van der Waals surface area (Å²) in [6, 6.07) is 9.27. The van der Waals surface area contributed by atoms with Crippen LogP contribution in [0.3, 0.4) is 0 Å². The van der Waals surface area contributed by atoms with Crippen LogP contribution in [0.25, 0.3) is 0 Å². The lowest BCUT2D eigenvalue weighted by atomic mass is 9.95. The molecule has 0 aliphatic rings. The minimum absolute atomic E-state index is 0.428. The van der Waals surface area contributed by atoms with Crippen LogP contribution in [0.1, 0.15) is 39.2 Å². The average molecular weight is 248 g/mol. The Balaban J connectivity index is 2.78. The largest absolute Gasteiger partial charge is 0.370 e. The van der Waals surface area contributed by atoms with E-state index in [-0.39, 0.29) is 0 Å². The van der Waals surface area contributed by atoms with Crippen molar-refractivity contribution >= 4 is 5.69 Å². The van der Waals surface area contributed by atoms with E-state index in [0.29, 0.717) is 18.5 Å². The molecule has 0 spiro atoms. The van der Waals surface area contributed by atoms with Crippen molar-refractivity contribution in [3.05, 3.63) is 29.8 Å². The van der Waals surface area contributed by atoms with Gasteiger partial charge in [0.05, 0.1) is 0 Å². The first-order valence-electron chi connectivity index (χ1n) is 7.15. The van der Waals surface area contributed by atoms with E-state index in [0.717, 1.165) is 6.42 Å². The molecule has 2 atom stereocenters. The third-order valence-electron chi connectivity index (χ3n) is 3.89. The normalized spacial score (nSPS) is 14.3. The third kappa shape index (κ3) is 3.74. The van der Waals surface area contributed by atoms with Crippen molar-refractivity contribution in [2.24, 2.45) is 11.7 Å². The molecule has 0 saturated heterocycles. The van der Waals surface area contributed by atoms with Gasteiger partial charge in [-0.15, -0.1) is 0 Å². The minimum Gasteiger partial charge on any atom is -0.370 e. The van der Waals surface area contributed by atoms with Crippen molar-refractivity contribution in [2.45, 2.75) is 46.1 Å². The summed E-state index contributed by atoms with van der Waals surface area (Å²) >= 11 is 0. The molecule has 0 bridgehead atoms. The molecule has 0 radical (unpaired) electrons. The van der Waals surface area contributed by atoms with Gasteiger partial charge in [0, 0.05) is 25.3 Å². The number of rotatable bonds is 7. The highest BCUT2D eigenvalue weighted by Crippen LogP contribution is 2.22. The lowest BCUT2D eigenvalue weighted by Gasteiger charge is -2.33. The standard InChI is InChI=1S/C16H28N2/c1-5-7-13(3)16(12-17)18(4)15-10-8-14(6-2)9-11-15/h8-11,13,16H,5-7,12,17H2,1-4H3. The SMILES string of the molecule is CCCC(C)C(CN)N(C)c1ccc(CC)cc1. The van der Waals surface area contributed by atoms with Gasteiger partial charge < -0.3 is 10.6 Å².